The first-order valence-electron chi connectivity index (χ1n) is 4.59. The van der Waals surface area contributed by atoms with Gasteiger partial charge in [-0.3, -0.25) is 5.41 Å². The first-order chi connectivity index (χ1) is 7.40. The first-order valence-corrected chi connectivity index (χ1v) is 5.37. The van der Waals surface area contributed by atoms with E-state index in [2.05, 4.69) is 10.6 Å². The summed E-state index contributed by atoms with van der Waals surface area (Å²) in [6, 6.07) is 3.83. The van der Waals surface area contributed by atoms with E-state index in [-0.39, 0.29) is 11.1 Å². The van der Waals surface area contributed by atoms with Crippen molar-refractivity contribution in [2.24, 2.45) is 5.73 Å². The van der Waals surface area contributed by atoms with Crippen LogP contribution in [0, 0.1) is 19.3 Å². The molecule has 0 unspecified atom stereocenters. The predicted octanol–water partition coefficient (Wildman–Crippen LogP) is 2.14. The van der Waals surface area contributed by atoms with Crippen molar-refractivity contribution in [3.63, 3.8) is 0 Å². The SMILES string of the molecule is Cc1cc(C)c(NC(=S)NC(=N)N)c(Cl)c1. The van der Waals surface area contributed by atoms with Gasteiger partial charge in [0.2, 0.25) is 0 Å². The van der Waals surface area contributed by atoms with E-state index < -0.39 is 0 Å². The highest BCUT2D eigenvalue weighted by molar-refractivity contribution is 7.80. The molecule has 1 aromatic carbocycles. The van der Waals surface area contributed by atoms with Crippen LogP contribution in [0.4, 0.5) is 5.69 Å². The molecule has 0 aliphatic carbocycles. The van der Waals surface area contributed by atoms with Crippen LogP contribution in [0.5, 0.6) is 0 Å². The molecule has 0 saturated heterocycles. The Balaban J connectivity index is 2.89. The number of benzene rings is 1. The second-order valence-electron chi connectivity index (χ2n) is 3.43. The van der Waals surface area contributed by atoms with Crippen molar-refractivity contribution in [2.75, 3.05) is 5.32 Å². The molecule has 86 valence electrons. The average Bonchev–Trinajstić information content (AvgIpc) is 2.09. The van der Waals surface area contributed by atoms with Gasteiger partial charge in [-0.15, -0.1) is 0 Å². The highest BCUT2D eigenvalue weighted by Crippen LogP contribution is 2.27. The van der Waals surface area contributed by atoms with E-state index in [1.807, 2.05) is 26.0 Å². The van der Waals surface area contributed by atoms with Crippen LogP contribution >= 0.6 is 23.8 Å². The van der Waals surface area contributed by atoms with Gasteiger partial charge in [0, 0.05) is 0 Å². The molecule has 0 fully saturated rings. The second-order valence-corrected chi connectivity index (χ2v) is 4.25. The van der Waals surface area contributed by atoms with Crippen LogP contribution in [0.15, 0.2) is 12.1 Å². The van der Waals surface area contributed by atoms with Gasteiger partial charge in [-0.1, -0.05) is 17.7 Å². The van der Waals surface area contributed by atoms with Crippen LogP contribution in [0.3, 0.4) is 0 Å². The Morgan fingerprint density at radius 2 is 2.06 bits per heavy atom. The molecule has 1 rings (SSSR count). The van der Waals surface area contributed by atoms with Gasteiger partial charge in [-0.2, -0.15) is 0 Å². The van der Waals surface area contributed by atoms with E-state index in [9.17, 15) is 0 Å². The van der Waals surface area contributed by atoms with Gasteiger partial charge < -0.3 is 16.4 Å². The third kappa shape index (κ3) is 3.36. The summed E-state index contributed by atoms with van der Waals surface area (Å²) in [6.45, 7) is 3.90. The van der Waals surface area contributed by atoms with Gasteiger partial charge in [-0.05, 0) is 43.3 Å². The zero-order valence-electron chi connectivity index (χ0n) is 9.02. The molecule has 0 aliphatic heterocycles. The maximum atomic E-state index is 7.04. The van der Waals surface area contributed by atoms with Gasteiger partial charge in [-0.25, -0.2) is 0 Å². The van der Waals surface area contributed by atoms with Crippen LogP contribution in [0.25, 0.3) is 0 Å². The van der Waals surface area contributed by atoms with Crippen molar-refractivity contribution >= 4 is 40.6 Å². The lowest BCUT2D eigenvalue weighted by atomic mass is 10.1. The summed E-state index contributed by atoms with van der Waals surface area (Å²) in [6.07, 6.45) is 0. The molecule has 0 radical (unpaired) electrons. The standard InChI is InChI=1S/C10H13ClN4S/c1-5-3-6(2)8(7(11)4-5)14-10(16)15-9(12)13/h3-4H,1-2H3,(H5,12,13,14,15,16). The molecule has 16 heavy (non-hydrogen) atoms. The Morgan fingerprint density at radius 1 is 1.44 bits per heavy atom. The molecule has 1 aromatic rings. The molecule has 0 spiro atoms. The third-order valence-electron chi connectivity index (χ3n) is 1.92. The van der Waals surface area contributed by atoms with Crippen molar-refractivity contribution in [1.29, 1.82) is 5.41 Å². The lowest BCUT2D eigenvalue weighted by Crippen LogP contribution is -2.38. The molecule has 0 aromatic heterocycles. The number of nitrogens with one attached hydrogen (secondary N) is 3. The van der Waals surface area contributed by atoms with Crippen LogP contribution in [0.1, 0.15) is 11.1 Å². The second kappa shape index (κ2) is 5.14. The molecule has 0 heterocycles. The highest BCUT2D eigenvalue weighted by Gasteiger charge is 2.07. The number of anilines is 1. The first kappa shape index (κ1) is 12.7. The summed E-state index contributed by atoms with van der Waals surface area (Å²) in [5.74, 6) is -0.210. The number of nitrogens with two attached hydrogens (primary N) is 1. The Bertz CT molecular complexity index is 421. The topological polar surface area (TPSA) is 73.9 Å². The van der Waals surface area contributed by atoms with Gasteiger partial charge in [0.1, 0.15) is 0 Å². The minimum atomic E-state index is -0.210. The minimum Gasteiger partial charge on any atom is -0.370 e. The molecule has 0 bridgehead atoms. The van der Waals surface area contributed by atoms with Gasteiger partial charge in [0.15, 0.2) is 11.1 Å². The fourth-order valence-corrected chi connectivity index (χ4v) is 1.92. The van der Waals surface area contributed by atoms with Crippen molar-refractivity contribution in [3.8, 4) is 0 Å². The fraction of sp³-hybridized carbons (Fsp3) is 0.200. The van der Waals surface area contributed by atoms with E-state index in [0.29, 0.717) is 5.02 Å². The summed E-state index contributed by atoms with van der Waals surface area (Å²) in [5.41, 5.74) is 7.95. The van der Waals surface area contributed by atoms with Crippen molar-refractivity contribution in [2.45, 2.75) is 13.8 Å². The molecular formula is C10H13ClN4S. The van der Waals surface area contributed by atoms with Crippen molar-refractivity contribution < 1.29 is 0 Å². The molecule has 4 nitrogen and oxygen atoms in total. The average molecular weight is 257 g/mol. The van der Waals surface area contributed by atoms with Crippen LogP contribution in [-0.2, 0) is 0 Å². The smallest absolute Gasteiger partial charge is 0.192 e. The molecule has 5 N–H and O–H groups in total. The monoisotopic (exact) mass is 256 g/mol. The normalized spacial score (nSPS) is 9.69. The van der Waals surface area contributed by atoms with Crippen LogP contribution in [-0.4, -0.2) is 11.1 Å². The third-order valence-corrected chi connectivity index (χ3v) is 2.42. The molecule has 0 atom stereocenters. The molecule has 0 amide bonds. The highest BCUT2D eigenvalue weighted by atomic mass is 35.5. The molecule has 0 aliphatic rings. The largest absolute Gasteiger partial charge is 0.370 e. The molecular weight excluding hydrogens is 244 g/mol. The Labute approximate surface area is 105 Å². The Hall–Kier alpha value is -1.33. The van der Waals surface area contributed by atoms with E-state index in [1.54, 1.807) is 0 Å². The summed E-state index contributed by atoms with van der Waals surface area (Å²) < 4.78 is 0. The Morgan fingerprint density at radius 3 is 2.56 bits per heavy atom. The van der Waals surface area contributed by atoms with E-state index >= 15 is 0 Å². The fourth-order valence-electron chi connectivity index (χ4n) is 1.34. The number of thiocarbonyl (C=S) groups is 1. The number of hydrogen-bond donors (Lipinski definition) is 4. The minimum absolute atomic E-state index is 0.210. The predicted molar refractivity (Wildman–Crippen MR) is 72.2 cm³/mol. The summed E-state index contributed by atoms with van der Waals surface area (Å²) >= 11 is 11.0. The number of guanidine groups is 1. The lowest BCUT2D eigenvalue weighted by molar-refractivity contribution is 1.25. The van der Waals surface area contributed by atoms with Crippen LogP contribution in [0.2, 0.25) is 5.02 Å². The molecule has 6 heteroatoms. The number of rotatable bonds is 1. The van der Waals surface area contributed by atoms with E-state index in [4.69, 9.17) is 35.0 Å². The Kier molecular flexibility index (Phi) is 4.09. The van der Waals surface area contributed by atoms with Crippen molar-refractivity contribution in [1.82, 2.24) is 5.32 Å². The van der Waals surface area contributed by atoms with Gasteiger partial charge in [0.25, 0.3) is 0 Å². The number of halogens is 1. The zero-order chi connectivity index (χ0) is 12.3. The summed E-state index contributed by atoms with van der Waals surface area (Å²) in [7, 11) is 0. The summed E-state index contributed by atoms with van der Waals surface area (Å²) in [4.78, 5) is 0. The van der Waals surface area contributed by atoms with E-state index in [1.165, 1.54) is 0 Å². The van der Waals surface area contributed by atoms with Gasteiger partial charge >= 0.3 is 0 Å². The molecule has 0 saturated carbocycles. The number of hydrogen-bond acceptors (Lipinski definition) is 2. The summed E-state index contributed by atoms with van der Waals surface area (Å²) in [5, 5.41) is 13.3. The van der Waals surface area contributed by atoms with E-state index in [0.717, 1.165) is 16.8 Å². The zero-order valence-corrected chi connectivity index (χ0v) is 10.6. The van der Waals surface area contributed by atoms with Gasteiger partial charge in [0.05, 0.1) is 10.7 Å². The number of aryl methyl sites for hydroxylation is 2. The quantitative estimate of drug-likeness (QED) is 0.353. The van der Waals surface area contributed by atoms with Crippen molar-refractivity contribution in [3.05, 3.63) is 28.3 Å². The maximum Gasteiger partial charge on any atom is 0.192 e. The maximum absolute atomic E-state index is 7.04. The van der Waals surface area contributed by atoms with Crippen LogP contribution < -0.4 is 16.4 Å². The lowest BCUT2D eigenvalue weighted by Gasteiger charge is -2.13.